The molecule has 1 fully saturated rings. The van der Waals surface area contributed by atoms with Crippen molar-refractivity contribution in [3.63, 3.8) is 0 Å². The van der Waals surface area contributed by atoms with Gasteiger partial charge in [-0.3, -0.25) is 15.6 Å². The zero-order valence-corrected chi connectivity index (χ0v) is 16.5. The lowest BCUT2D eigenvalue weighted by atomic mass is 9.86. The van der Waals surface area contributed by atoms with Gasteiger partial charge in [0.25, 0.3) is 5.91 Å². The van der Waals surface area contributed by atoms with E-state index in [1.807, 2.05) is 0 Å². The second-order valence-corrected chi connectivity index (χ2v) is 6.74. The van der Waals surface area contributed by atoms with E-state index in [9.17, 15) is 4.79 Å². The van der Waals surface area contributed by atoms with Crippen molar-refractivity contribution < 1.29 is 19.0 Å². The van der Waals surface area contributed by atoms with Crippen LogP contribution in [0.5, 0.6) is 17.2 Å². The van der Waals surface area contributed by atoms with Gasteiger partial charge in [-0.15, -0.1) is 0 Å². The Morgan fingerprint density at radius 1 is 1.04 bits per heavy atom. The Morgan fingerprint density at radius 2 is 1.65 bits per heavy atom. The number of benzene rings is 1. The Morgan fingerprint density at radius 3 is 2.19 bits per heavy atom. The number of thiocarbonyl (C=S) groups is 1. The molecule has 1 aromatic rings. The average Bonchev–Trinajstić information content (AvgIpc) is 2.66. The summed E-state index contributed by atoms with van der Waals surface area (Å²) in [6.07, 6.45) is 4.74. The Kier molecular flexibility index (Phi) is 7.32. The third kappa shape index (κ3) is 4.91. The van der Waals surface area contributed by atoms with E-state index in [-0.39, 0.29) is 5.91 Å². The minimum Gasteiger partial charge on any atom is -0.493 e. The Balaban J connectivity index is 1.97. The lowest BCUT2D eigenvalue weighted by molar-refractivity contribution is 0.0942. The first-order valence-corrected chi connectivity index (χ1v) is 9.07. The van der Waals surface area contributed by atoms with E-state index in [1.54, 1.807) is 12.1 Å². The van der Waals surface area contributed by atoms with Crippen LogP contribution in [0.4, 0.5) is 0 Å². The molecule has 1 amide bonds. The molecule has 1 aliphatic carbocycles. The molecule has 7 nitrogen and oxygen atoms in total. The molecule has 144 valence electrons. The maximum atomic E-state index is 12.4. The maximum absolute atomic E-state index is 12.4. The Bertz CT molecular complexity index is 628. The lowest BCUT2D eigenvalue weighted by Crippen LogP contribution is -2.51. The number of carbonyl (C=O) groups excluding carboxylic acids is 1. The number of hydrogen-bond donors (Lipinski definition) is 3. The van der Waals surface area contributed by atoms with Gasteiger partial charge in [0.15, 0.2) is 16.6 Å². The van der Waals surface area contributed by atoms with Gasteiger partial charge < -0.3 is 19.5 Å². The predicted molar refractivity (Wildman–Crippen MR) is 104 cm³/mol. The van der Waals surface area contributed by atoms with Crippen LogP contribution in [0.3, 0.4) is 0 Å². The van der Waals surface area contributed by atoms with E-state index in [2.05, 4.69) is 23.1 Å². The molecule has 0 aliphatic heterocycles. The van der Waals surface area contributed by atoms with Crippen LogP contribution in [-0.2, 0) is 0 Å². The van der Waals surface area contributed by atoms with E-state index < -0.39 is 0 Å². The number of amides is 1. The molecule has 0 bridgehead atoms. The highest BCUT2D eigenvalue weighted by Crippen LogP contribution is 2.38. The van der Waals surface area contributed by atoms with Crippen molar-refractivity contribution in [1.82, 2.24) is 16.2 Å². The SMILES string of the molecule is COc1cc(C(=O)NNC(=S)N[C@H]2CCCC[C@H]2C)cc(OC)c1OC. The first kappa shape index (κ1) is 20.1. The third-order valence-electron chi connectivity index (χ3n) is 4.64. The summed E-state index contributed by atoms with van der Waals surface area (Å²) in [6, 6.07) is 3.50. The summed E-state index contributed by atoms with van der Waals surface area (Å²) in [4.78, 5) is 12.4. The van der Waals surface area contributed by atoms with Crippen molar-refractivity contribution in [2.24, 2.45) is 5.92 Å². The average molecular weight is 381 g/mol. The molecule has 2 rings (SSSR count). The van der Waals surface area contributed by atoms with Crippen LogP contribution in [0.25, 0.3) is 0 Å². The molecular weight excluding hydrogens is 354 g/mol. The fourth-order valence-corrected chi connectivity index (χ4v) is 3.34. The molecule has 1 aromatic carbocycles. The second-order valence-electron chi connectivity index (χ2n) is 6.33. The Hall–Kier alpha value is -2.22. The van der Waals surface area contributed by atoms with Crippen molar-refractivity contribution in [1.29, 1.82) is 0 Å². The first-order chi connectivity index (χ1) is 12.5. The molecule has 26 heavy (non-hydrogen) atoms. The topological polar surface area (TPSA) is 80.9 Å². The number of hydrogen-bond acceptors (Lipinski definition) is 5. The summed E-state index contributed by atoms with van der Waals surface area (Å²) in [5.74, 6) is 1.46. The highest BCUT2D eigenvalue weighted by molar-refractivity contribution is 7.80. The summed E-state index contributed by atoms with van der Waals surface area (Å²) >= 11 is 5.29. The smallest absolute Gasteiger partial charge is 0.269 e. The Labute approximate surface area is 159 Å². The van der Waals surface area contributed by atoms with Gasteiger partial charge >= 0.3 is 0 Å². The van der Waals surface area contributed by atoms with Crippen LogP contribution in [0.15, 0.2) is 12.1 Å². The molecule has 8 heteroatoms. The van der Waals surface area contributed by atoms with Crippen molar-refractivity contribution in [2.45, 2.75) is 38.6 Å². The van der Waals surface area contributed by atoms with Gasteiger partial charge in [-0.2, -0.15) is 0 Å². The second kappa shape index (κ2) is 9.47. The predicted octanol–water partition coefficient (Wildman–Crippen LogP) is 2.40. The quantitative estimate of drug-likeness (QED) is 0.534. The fraction of sp³-hybridized carbons (Fsp3) is 0.556. The molecule has 0 unspecified atom stereocenters. The van der Waals surface area contributed by atoms with Crippen molar-refractivity contribution in [2.75, 3.05) is 21.3 Å². The number of carbonyl (C=O) groups is 1. The summed E-state index contributed by atoms with van der Waals surface area (Å²) in [5, 5.41) is 3.68. The third-order valence-corrected chi connectivity index (χ3v) is 4.86. The maximum Gasteiger partial charge on any atom is 0.269 e. The number of rotatable bonds is 5. The van der Waals surface area contributed by atoms with Gasteiger partial charge in [0.05, 0.1) is 21.3 Å². The van der Waals surface area contributed by atoms with Crippen LogP contribution < -0.4 is 30.4 Å². The molecule has 0 radical (unpaired) electrons. The van der Waals surface area contributed by atoms with Crippen molar-refractivity contribution in [3.8, 4) is 17.2 Å². The molecule has 0 heterocycles. The monoisotopic (exact) mass is 381 g/mol. The number of hydrazine groups is 1. The molecule has 3 N–H and O–H groups in total. The van der Waals surface area contributed by atoms with E-state index >= 15 is 0 Å². The molecule has 0 aromatic heterocycles. The molecule has 1 aliphatic rings. The summed E-state index contributed by atoms with van der Waals surface area (Å²) < 4.78 is 15.8. The summed E-state index contributed by atoms with van der Waals surface area (Å²) in [5.41, 5.74) is 5.72. The molecule has 1 saturated carbocycles. The molecule has 2 atom stereocenters. The molecule has 0 spiro atoms. The summed E-state index contributed by atoms with van der Waals surface area (Å²) in [7, 11) is 4.52. The van der Waals surface area contributed by atoms with Gasteiger partial charge in [-0.1, -0.05) is 19.8 Å². The highest BCUT2D eigenvalue weighted by Gasteiger charge is 2.22. The van der Waals surface area contributed by atoms with E-state index in [1.165, 1.54) is 40.6 Å². The van der Waals surface area contributed by atoms with Crippen LogP contribution in [0.1, 0.15) is 43.0 Å². The highest BCUT2D eigenvalue weighted by atomic mass is 32.1. The largest absolute Gasteiger partial charge is 0.493 e. The lowest BCUT2D eigenvalue weighted by Gasteiger charge is -2.30. The van der Waals surface area contributed by atoms with E-state index in [0.717, 1.165) is 6.42 Å². The van der Waals surface area contributed by atoms with Crippen LogP contribution in [-0.4, -0.2) is 38.4 Å². The molecular formula is C18H27N3O4S. The fourth-order valence-electron chi connectivity index (χ4n) is 3.13. The number of ether oxygens (including phenoxy) is 3. The summed E-state index contributed by atoms with van der Waals surface area (Å²) in [6.45, 7) is 2.22. The minimum absolute atomic E-state index is 0.335. The zero-order chi connectivity index (χ0) is 19.1. The van der Waals surface area contributed by atoms with Gasteiger partial charge in [0.1, 0.15) is 0 Å². The number of methoxy groups -OCH3 is 3. The molecule has 0 saturated heterocycles. The van der Waals surface area contributed by atoms with Gasteiger partial charge in [-0.25, -0.2) is 0 Å². The van der Waals surface area contributed by atoms with Crippen LogP contribution in [0, 0.1) is 5.92 Å². The van der Waals surface area contributed by atoms with E-state index in [4.69, 9.17) is 26.4 Å². The van der Waals surface area contributed by atoms with E-state index in [0.29, 0.717) is 39.9 Å². The number of nitrogens with one attached hydrogen (secondary N) is 3. The normalized spacial score (nSPS) is 19.2. The van der Waals surface area contributed by atoms with Gasteiger partial charge in [-0.05, 0) is 43.1 Å². The minimum atomic E-state index is -0.356. The van der Waals surface area contributed by atoms with Crippen LogP contribution >= 0.6 is 12.2 Å². The zero-order valence-electron chi connectivity index (χ0n) is 15.7. The van der Waals surface area contributed by atoms with Gasteiger partial charge in [0, 0.05) is 11.6 Å². The van der Waals surface area contributed by atoms with Crippen LogP contribution in [0.2, 0.25) is 0 Å². The first-order valence-electron chi connectivity index (χ1n) is 8.67. The van der Waals surface area contributed by atoms with Gasteiger partial charge in [0.2, 0.25) is 5.75 Å². The standard InChI is InChI=1S/C18H27N3O4S/c1-11-7-5-6-8-13(11)19-18(26)21-20-17(22)12-9-14(23-2)16(25-4)15(10-12)24-3/h9-11,13H,5-8H2,1-4H3,(H,20,22)(H2,19,21,26)/t11-,13+/m1/s1. The van der Waals surface area contributed by atoms with Crippen molar-refractivity contribution in [3.05, 3.63) is 17.7 Å². The van der Waals surface area contributed by atoms with Crippen molar-refractivity contribution >= 4 is 23.2 Å².